The zero-order chi connectivity index (χ0) is 22.0. The Bertz CT molecular complexity index is 1040. The van der Waals surface area contributed by atoms with E-state index in [-0.39, 0.29) is 24.2 Å². The number of aliphatic hydroxyl groups is 1. The number of carbonyl (C=O) groups excluding carboxylic acids is 1. The van der Waals surface area contributed by atoms with Crippen LogP contribution in [0, 0.1) is 5.92 Å². The number of rotatable bonds is 8. The van der Waals surface area contributed by atoms with E-state index in [1.54, 1.807) is 37.4 Å². The molecule has 160 valence electrons. The Kier molecular flexibility index (Phi) is 6.51. The monoisotopic (exact) mass is 413 g/mol. The summed E-state index contributed by atoms with van der Waals surface area (Å²) in [4.78, 5) is 17.2. The lowest BCUT2D eigenvalue weighted by molar-refractivity contribution is 0.0859. The summed E-state index contributed by atoms with van der Waals surface area (Å²) in [6, 6.07) is 8.92. The van der Waals surface area contributed by atoms with E-state index in [9.17, 15) is 14.3 Å². The van der Waals surface area contributed by atoms with Gasteiger partial charge in [0.25, 0.3) is 0 Å². The minimum Gasteiger partial charge on any atom is -0.461 e. The summed E-state index contributed by atoms with van der Waals surface area (Å²) in [7, 11) is 0. The Morgan fingerprint density at radius 2 is 1.93 bits per heavy atom. The third-order valence-corrected chi connectivity index (χ3v) is 5.09. The maximum absolute atomic E-state index is 13.2. The van der Waals surface area contributed by atoms with Gasteiger partial charge >= 0.3 is 0 Å². The van der Waals surface area contributed by atoms with E-state index in [0.717, 1.165) is 11.1 Å². The average molecular weight is 413 g/mol. The third kappa shape index (κ3) is 4.67. The Balaban J connectivity index is 2.05. The van der Waals surface area contributed by atoms with Crippen molar-refractivity contribution in [2.24, 2.45) is 5.92 Å². The van der Waals surface area contributed by atoms with E-state index in [1.165, 1.54) is 6.92 Å². The lowest BCUT2D eigenvalue weighted by atomic mass is 9.96. The van der Waals surface area contributed by atoms with Crippen molar-refractivity contribution in [1.82, 2.24) is 14.8 Å². The number of aliphatic hydroxyl groups excluding tert-OH is 1. The van der Waals surface area contributed by atoms with Crippen molar-refractivity contribution in [1.29, 1.82) is 0 Å². The molecule has 7 heteroatoms. The second-order valence-corrected chi connectivity index (χ2v) is 8.01. The molecule has 0 saturated heterocycles. The van der Waals surface area contributed by atoms with Crippen molar-refractivity contribution in [2.75, 3.05) is 0 Å². The van der Waals surface area contributed by atoms with Gasteiger partial charge in [0.1, 0.15) is 17.0 Å². The molecule has 30 heavy (non-hydrogen) atoms. The number of nitrogens with zero attached hydrogens (tertiary/aromatic N) is 3. The summed E-state index contributed by atoms with van der Waals surface area (Å²) >= 11 is 0. The van der Waals surface area contributed by atoms with Gasteiger partial charge in [-0.1, -0.05) is 19.1 Å². The maximum Gasteiger partial charge on any atom is 0.235 e. The molecule has 6 nitrogen and oxygen atoms in total. The van der Waals surface area contributed by atoms with Gasteiger partial charge in [-0.25, -0.2) is 4.39 Å². The van der Waals surface area contributed by atoms with Crippen molar-refractivity contribution >= 4 is 16.8 Å². The van der Waals surface area contributed by atoms with Crippen LogP contribution in [0.1, 0.15) is 57.4 Å². The van der Waals surface area contributed by atoms with Crippen LogP contribution in [0.15, 0.2) is 36.5 Å². The summed E-state index contributed by atoms with van der Waals surface area (Å²) in [5.74, 6) is 0.205. The number of hydrogen-bond donors (Lipinski definition) is 1. The molecule has 1 N–H and O–H groups in total. The molecule has 0 fully saturated rings. The summed E-state index contributed by atoms with van der Waals surface area (Å²) in [5.41, 5.74) is 3.31. The molecule has 0 spiro atoms. The topological polar surface area (TPSA) is 77.2 Å². The highest BCUT2D eigenvalue weighted by atomic mass is 19.1. The first-order valence-corrected chi connectivity index (χ1v) is 10.2. The highest BCUT2D eigenvalue weighted by molar-refractivity contribution is 6.00. The molecule has 3 atom stereocenters. The minimum absolute atomic E-state index is 0.0510. The molecule has 0 aliphatic rings. The van der Waals surface area contributed by atoms with Crippen LogP contribution in [-0.2, 0) is 0 Å². The fourth-order valence-corrected chi connectivity index (χ4v) is 3.24. The van der Waals surface area contributed by atoms with E-state index in [1.807, 2.05) is 31.5 Å². The fourth-order valence-electron chi connectivity index (χ4n) is 3.24. The number of halogens is 1. The lowest BCUT2D eigenvalue weighted by Crippen LogP contribution is -2.17. The van der Waals surface area contributed by atoms with Crippen LogP contribution in [0.3, 0.4) is 0 Å². The first kappa shape index (κ1) is 21.9. The van der Waals surface area contributed by atoms with Crippen LogP contribution in [0.4, 0.5) is 4.39 Å². The number of ketones is 1. The molecular formula is C23H28FN3O3. The molecular weight excluding hydrogens is 385 g/mol. The van der Waals surface area contributed by atoms with E-state index in [2.05, 4.69) is 4.98 Å². The maximum atomic E-state index is 13.2. The molecule has 2 aromatic heterocycles. The molecule has 0 amide bonds. The third-order valence-electron chi connectivity index (χ3n) is 5.09. The van der Waals surface area contributed by atoms with Gasteiger partial charge in [-0.15, -0.1) is 0 Å². The molecule has 0 radical (unpaired) electrons. The Hall–Kier alpha value is -2.80. The van der Waals surface area contributed by atoms with Gasteiger partial charge < -0.3 is 9.84 Å². The second kappa shape index (κ2) is 8.92. The molecule has 0 aliphatic heterocycles. The fraction of sp³-hybridized carbons (Fsp3) is 0.435. The molecule has 2 heterocycles. The molecule has 0 saturated carbocycles. The van der Waals surface area contributed by atoms with Crippen molar-refractivity contribution in [3.05, 3.63) is 42.1 Å². The van der Waals surface area contributed by atoms with Crippen LogP contribution in [-0.4, -0.2) is 38.1 Å². The smallest absolute Gasteiger partial charge is 0.235 e. The lowest BCUT2D eigenvalue weighted by Gasteiger charge is -2.13. The van der Waals surface area contributed by atoms with Crippen molar-refractivity contribution in [3.8, 4) is 17.0 Å². The van der Waals surface area contributed by atoms with Crippen molar-refractivity contribution < 1.29 is 19.0 Å². The van der Waals surface area contributed by atoms with Crippen molar-refractivity contribution in [3.63, 3.8) is 0 Å². The molecule has 0 aliphatic carbocycles. The second-order valence-electron chi connectivity index (χ2n) is 8.01. The zero-order valence-electron chi connectivity index (χ0n) is 18.0. The molecule has 3 rings (SSSR count). The van der Waals surface area contributed by atoms with E-state index in [4.69, 9.17) is 9.84 Å². The minimum atomic E-state index is -1.42. The largest absolute Gasteiger partial charge is 0.461 e. The number of benzene rings is 1. The average Bonchev–Trinajstić information content (AvgIpc) is 3.06. The van der Waals surface area contributed by atoms with Crippen LogP contribution >= 0.6 is 0 Å². The first-order chi connectivity index (χ1) is 14.2. The quantitative estimate of drug-likeness (QED) is 0.528. The van der Waals surface area contributed by atoms with Crippen LogP contribution < -0.4 is 4.74 Å². The summed E-state index contributed by atoms with van der Waals surface area (Å²) < 4.78 is 20.2. The van der Waals surface area contributed by atoms with Gasteiger partial charge in [0, 0.05) is 36.7 Å². The molecule has 3 aromatic rings. The Morgan fingerprint density at radius 1 is 1.20 bits per heavy atom. The number of hydrogen-bond acceptors (Lipinski definition) is 5. The summed E-state index contributed by atoms with van der Waals surface area (Å²) in [5, 5.41) is 14.4. The number of fused-ring (bicyclic) bond motifs is 1. The number of Topliss-reactive ketones (excluding diaryl/α,β-unsaturated/α-hetero) is 1. The molecule has 0 bridgehead atoms. The number of aromatic nitrogens is 3. The zero-order valence-corrected chi connectivity index (χ0v) is 18.0. The van der Waals surface area contributed by atoms with Gasteiger partial charge in [0.2, 0.25) is 6.36 Å². The van der Waals surface area contributed by atoms with E-state index >= 15 is 0 Å². The van der Waals surface area contributed by atoms with Crippen molar-refractivity contribution in [2.45, 2.75) is 59.5 Å². The SMILES string of the molecule is CC(F)Oc1cccc(-c2nn(C(C)C)c3cc(C(=O)C[C@H](C)[C@H](C)O)cnc23)c1. The Labute approximate surface area is 175 Å². The number of carbonyl (C=O) groups is 1. The van der Waals surface area contributed by atoms with Gasteiger partial charge in [-0.05, 0) is 44.9 Å². The predicted molar refractivity (Wildman–Crippen MR) is 114 cm³/mol. The van der Waals surface area contributed by atoms with Gasteiger partial charge in [-0.3, -0.25) is 14.5 Å². The number of pyridine rings is 1. The van der Waals surface area contributed by atoms with Gasteiger partial charge in [0.05, 0.1) is 11.6 Å². The van der Waals surface area contributed by atoms with E-state index < -0.39 is 12.5 Å². The highest BCUT2D eigenvalue weighted by Gasteiger charge is 2.20. The summed E-state index contributed by atoms with van der Waals surface area (Å²) in [6.07, 6.45) is -0.172. The number of ether oxygens (including phenoxy) is 1. The number of alkyl halides is 1. The molecule has 1 aromatic carbocycles. The first-order valence-electron chi connectivity index (χ1n) is 10.2. The van der Waals surface area contributed by atoms with Gasteiger partial charge in [0.15, 0.2) is 5.78 Å². The summed E-state index contributed by atoms with van der Waals surface area (Å²) in [6.45, 7) is 8.86. The van der Waals surface area contributed by atoms with Crippen LogP contribution in [0.2, 0.25) is 0 Å². The Morgan fingerprint density at radius 3 is 2.57 bits per heavy atom. The van der Waals surface area contributed by atoms with E-state index in [0.29, 0.717) is 22.5 Å². The predicted octanol–water partition coefficient (Wildman–Crippen LogP) is 4.96. The van der Waals surface area contributed by atoms with Gasteiger partial charge in [-0.2, -0.15) is 5.10 Å². The van der Waals surface area contributed by atoms with Crippen LogP contribution in [0.5, 0.6) is 5.75 Å². The normalized spacial score (nSPS) is 14.7. The standard InChI is InChI=1S/C23H28FN3O3/c1-13(2)27-20-11-18(21(29)9-14(3)15(4)28)12-25-23(20)22(26-27)17-7-6-8-19(10-17)30-16(5)24/h6-8,10-16,28H,9H2,1-5H3/t14-,15-,16?/m0/s1. The highest BCUT2D eigenvalue weighted by Crippen LogP contribution is 2.31. The molecule has 1 unspecified atom stereocenters. The van der Waals surface area contributed by atoms with Crippen LogP contribution in [0.25, 0.3) is 22.3 Å².